The van der Waals surface area contributed by atoms with E-state index in [1.54, 1.807) is 4.90 Å². The van der Waals surface area contributed by atoms with Crippen LogP contribution in [-0.4, -0.2) is 28.8 Å². The number of rotatable bonds is 9. The Balaban J connectivity index is 3.04. The minimum atomic E-state index is -0.419. The van der Waals surface area contributed by atoms with E-state index in [4.69, 9.17) is 0 Å². The molecular formula is C20H32N2O2. The molecule has 0 radical (unpaired) electrons. The molecule has 2 amide bonds. The molecule has 1 aromatic carbocycles. The molecule has 24 heavy (non-hydrogen) atoms. The van der Waals surface area contributed by atoms with E-state index in [2.05, 4.69) is 5.32 Å². The smallest absolute Gasteiger partial charge is 0.243 e. The van der Waals surface area contributed by atoms with Crippen LogP contribution in [0.4, 0.5) is 0 Å². The summed E-state index contributed by atoms with van der Waals surface area (Å²) in [6.07, 6.45) is 2.75. The van der Waals surface area contributed by atoms with Crippen molar-refractivity contribution >= 4 is 11.8 Å². The molecule has 0 saturated heterocycles. The number of hydrogen-bond donors (Lipinski definition) is 1. The SMILES string of the molecule is CCCC(=O)N(Cc1ccccc1C)[C@H](CC)C(=O)N[C@H](C)CC. The summed E-state index contributed by atoms with van der Waals surface area (Å²) in [7, 11) is 0. The molecule has 0 bridgehead atoms. The van der Waals surface area contributed by atoms with Crippen molar-refractivity contribution in [3.8, 4) is 0 Å². The van der Waals surface area contributed by atoms with Crippen LogP contribution in [0.15, 0.2) is 24.3 Å². The van der Waals surface area contributed by atoms with E-state index in [1.807, 2.05) is 58.9 Å². The van der Waals surface area contributed by atoms with Gasteiger partial charge in [0.1, 0.15) is 6.04 Å². The maximum absolute atomic E-state index is 12.7. The van der Waals surface area contributed by atoms with Crippen molar-refractivity contribution in [2.45, 2.75) is 78.9 Å². The number of nitrogens with one attached hydrogen (secondary N) is 1. The highest BCUT2D eigenvalue weighted by Gasteiger charge is 2.28. The molecule has 1 rings (SSSR count). The Kier molecular flexibility index (Phi) is 8.51. The van der Waals surface area contributed by atoms with E-state index in [0.717, 1.165) is 24.0 Å². The van der Waals surface area contributed by atoms with Crippen LogP contribution in [0.5, 0.6) is 0 Å². The average Bonchev–Trinajstić information content (AvgIpc) is 2.56. The van der Waals surface area contributed by atoms with E-state index in [-0.39, 0.29) is 17.9 Å². The van der Waals surface area contributed by atoms with Gasteiger partial charge in [-0.2, -0.15) is 0 Å². The fourth-order valence-corrected chi connectivity index (χ4v) is 2.69. The predicted molar refractivity (Wildman–Crippen MR) is 98.6 cm³/mol. The molecule has 134 valence electrons. The fourth-order valence-electron chi connectivity index (χ4n) is 2.69. The third-order valence-corrected chi connectivity index (χ3v) is 4.45. The maximum atomic E-state index is 12.7. The topological polar surface area (TPSA) is 49.4 Å². The number of nitrogens with zero attached hydrogens (tertiary/aromatic N) is 1. The first-order chi connectivity index (χ1) is 11.4. The third kappa shape index (κ3) is 5.66. The van der Waals surface area contributed by atoms with Gasteiger partial charge in [-0.3, -0.25) is 9.59 Å². The number of hydrogen-bond acceptors (Lipinski definition) is 2. The third-order valence-electron chi connectivity index (χ3n) is 4.45. The molecule has 1 aromatic rings. The second-order valence-corrected chi connectivity index (χ2v) is 6.44. The number of carbonyl (C=O) groups is 2. The van der Waals surface area contributed by atoms with Crippen molar-refractivity contribution in [1.82, 2.24) is 10.2 Å². The van der Waals surface area contributed by atoms with E-state index in [9.17, 15) is 9.59 Å². The first-order valence-corrected chi connectivity index (χ1v) is 9.08. The molecule has 0 unspecified atom stereocenters. The molecule has 0 aliphatic rings. The van der Waals surface area contributed by atoms with Crippen LogP contribution in [0.2, 0.25) is 0 Å². The van der Waals surface area contributed by atoms with Gasteiger partial charge in [0, 0.05) is 19.0 Å². The molecular weight excluding hydrogens is 300 g/mol. The standard InChI is InChI=1S/C20H32N2O2/c1-6-11-19(23)22(14-17-13-10-9-12-15(17)4)18(8-3)20(24)21-16(5)7-2/h9-10,12-13,16,18H,6-8,11,14H2,1-5H3,(H,21,24)/t16-,18-/m1/s1. The lowest BCUT2D eigenvalue weighted by atomic mass is 10.0. The molecule has 2 atom stereocenters. The second-order valence-electron chi connectivity index (χ2n) is 6.44. The lowest BCUT2D eigenvalue weighted by Crippen LogP contribution is -2.50. The van der Waals surface area contributed by atoms with Crippen LogP contribution in [0.25, 0.3) is 0 Å². The fraction of sp³-hybridized carbons (Fsp3) is 0.600. The van der Waals surface area contributed by atoms with Crippen LogP contribution < -0.4 is 5.32 Å². The van der Waals surface area contributed by atoms with Crippen LogP contribution >= 0.6 is 0 Å². The zero-order chi connectivity index (χ0) is 18.1. The monoisotopic (exact) mass is 332 g/mol. The first-order valence-electron chi connectivity index (χ1n) is 9.08. The van der Waals surface area contributed by atoms with Gasteiger partial charge in [0.25, 0.3) is 0 Å². The van der Waals surface area contributed by atoms with Crippen molar-refractivity contribution < 1.29 is 9.59 Å². The molecule has 4 heteroatoms. The van der Waals surface area contributed by atoms with Gasteiger partial charge in [0.15, 0.2) is 0 Å². The van der Waals surface area contributed by atoms with Gasteiger partial charge < -0.3 is 10.2 Å². The van der Waals surface area contributed by atoms with E-state index < -0.39 is 6.04 Å². The van der Waals surface area contributed by atoms with Gasteiger partial charge in [-0.25, -0.2) is 0 Å². The van der Waals surface area contributed by atoms with Gasteiger partial charge in [-0.15, -0.1) is 0 Å². The molecule has 4 nitrogen and oxygen atoms in total. The Labute approximate surface area is 146 Å². The highest BCUT2D eigenvalue weighted by Crippen LogP contribution is 2.17. The molecule has 0 aliphatic carbocycles. The summed E-state index contributed by atoms with van der Waals surface area (Å²) >= 11 is 0. The molecule has 0 aromatic heterocycles. The Bertz CT molecular complexity index is 542. The van der Waals surface area contributed by atoms with Crippen molar-refractivity contribution in [3.63, 3.8) is 0 Å². The normalized spacial score (nSPS) is 13.2. The predicted octanol–water partition coefficient (Wildman–Crippen LogP) is 3.82. The van der Waals surface area contributed by atoms with Crippen LogP contribution in [0.1, 0.15) is 64.5 Å². The van der Waals surface area contributed by atoms with Crippen LogP contribution in [-0.2, 0) is 16.1 Å². The summed E-state index contributed by atoms with van der Waals surface area (Å²) in [4.78, 5) is 27.1. The van der Waals surface area contributed by atoms with Crippen molar-refractivity contribution in [2.24, 2.45) is 0 Å². The summed E-state index contributed by atoms with van der Waals surface area (Å²) in [6.45, 7) is 10.5. The van der Waals surface area contributed by atoms with Gasteiger partial charge in [-0.05, 0) is 44.2 Å². The lowest BCUT2D eigenvalue weighted by Gasteiger charge is -2.32. The molecule has 0 heterocycles. The Morgan fingerprint density at radius 2 is 1.79 bits per heavy atom. The maximum Gasteiger partial charge on any atom is 0.243 e. The van der Waals surface area contributed by atoms with E-state index >= 15 is 0 Å². The first kappa shape index (κ1) is 20.2. The quantitative estimate of drug-likeness (QED) is 0.747. The molecule has 0 spiro atoms. The highest BCUT2D eigenvalue weighted by atomic mass is 16.2. The Morgan fingerprint density at radius 3 is 2.33 bits per heavy atom. The number of amides is 2. The minimum Gasteiger partial charge on any atom is -0.352 e. The number of carbonyl (C=O) groups excluding carboxylic acids is 2. The molecule has 0 saturated carbocycles. The van der Waals surface area contributed by atoms with Crippen LogP contribution in [0.3, 0.4) is 0 Å². The largest absolute Gasteiger partial charge is 0.352 e. The Morgan fingerprint density at radius 1 is 1.12 bits per heavy atom. The average molecular weight is 332 g/mol. The van der Waals surface area contributed by atoms with Gasteiger partial charge >= 0.3 is 0 Å². The Hall–Kier alpha value is -1.84. The molecule has 0 fully saturated rings. The van der Waals surface area contributed by atoms with Gasteiger partial charge in [-0.1, -0.05) is 45.0 Å². The lowest BCUT2D eigenvalue weighted by molar-refractivity contribution is -0.141. The summed E-state index contributed by atoms with van der Waals surface area (Å²) in [6, 6.07) is 7.74. The van der Waals surface area contributed by atoms with Gasteiger partial charge in [0.2, 0.25) is 11.8 Å². The zero-order valence-electron chi connectivity index (χ0n) is 15.8. The number of benzene rings is 1. The number of aryl methyl sites for hydroxylation is 1. The molecule has 1 N–H and O–H groups in total. The summed E-state index contributed by atoms with van der Waals surface area (Å²) in [5.41, 5.74) is 2.24. The van der Waals surface area contributed by atoms with Crippen LogP contribution in [0, 0.1) is 6.92 Å². The summed E-state index contributed by atoms with van der Waals surface area (Å²) in [5.74, 6) is -0.00297. The van der Waals surface area contributed by atoms with Crippen molar-refractivity contribution in [1.29, 1.82) is 0 Å². The molecule has 0 aliphatic heterocycles. The minimum absolute atomic E-state index is 0.0481. The summed E-state index contributed by atoms with van der Waals surface area (Å²) in [5, 5.41) is 3.03. The van der Waals surface area contributed by atoms with Crippen molar-refractivity contribution in [3.05, 3.63) is 35.4 Å². The summed E-state index contributed by atoms with van der Waals surface area (Å²) < 4.78 is 0. The second kappa shape index (κ2) is 10.1. The zero-order valence-corrected chi connectivity index (χ0v) is 15.8. The van der Waals surface area contributed by atoms with Crippen molar-refractivity contribution in [2.75, 3.05) is 0 Å². The van der Waals surface area contributed by atoms with Gasteiger partial charge in [0.05, 0.1) is 0 Å². The van der Waals surface area contributed by atoms with E-state index in [1.165, 1.54) is 0 Å². The highest BCUT2D eigenvalue weighted by molar-refractivity contribution is 5.87. The van der Waals surface area contributed by atoms with E-state index in [0.29, 0.717) is 19.4 Å².